The predicted molar refractivity (Wildman–Crippen MR) is 99.3 cm³/mol. The summed E-state index contributed by atoms with van der Waals surface area (Å²) in [5.74, 6) is -0.0173. The molecular formula is C20H23N3O4. The molecule has 4 rings (SSSR count). The van der Waals surface area contributed by atoms with E-state index in [1.807, 2.05) is 6.07 Å². The van der Waals surface area contributed by atoms with E-state index in [0.29, 0.717) is 42.0 Å². The van der Waals surface area contributed by atoms with Gasteiger partial charge in [0.05, 0.1) is 10.9 Å². The summed E-state index contributed by atoms with van der Waals surface area (Å²) in [6.45, 7) is 0.561. The van der Waals surface area contributed by atoms with E-state index in [0.717, 1.165) is 19.3 Å². The lowest BCUT2D eigenvalue weighted by Crippen LogP contribution is -2.43. The highest BCUT2D eigenvalue weighted by Crippen LogP contribution is 2.42. The van der Waals surface area contributed by atoms with Gasteiger partial charge in [-0.15, -0.1) is 0 Å². The van der Waals surface area contributed by atoms with Gasteiger partial charge in [0.1, 0.15) is 11.9 Å². The van der Waals surface area contributed by atoms with E-state index in [-0.39, 0.29) is 23.8 Å². The third kappa shape index (κ3) is 3.34. The van der Waals surface area contributed by atoms with Crippen molar-refractivity contribution >= 4 is 22.8 Å². The van der Waals surface area contributed by atoms with E-state index < -0.39 is 12.0 Å². The topological polar surface area (TPSA) is 103 Å². The Balaban J connectivity index is 1.40. The number of para-hydroxylation sites is 1. The largest absolute Gasteiger partial charge is 0.480 e. The van der Waals surface area contributed by atoms with Crippen LogP contribution in [0.4, 0.5) is 0 Å². The summed E-state index contributed by atoms with van der Waals surface area (Å²) in [6.07, 6.45) is 4.23. The number of benzene rings is 1. The summed E-state index contributed by atoms with van der Waals surface area (Å²) in [5, 5.41) is 10.1. The fraction of sp³-hybridized carbons (Fsp3) is 0.500. The zero-order valence-electron chi connectivity index (χ0n) is 15.1. The molecule has 7 nitrogen and oxygen atoms in total. The minimum Gasteiger partial charge on any atom is -0.480 e. The highest BCUT2D eigenvalue weighted by Gasteiger charge is 2.49. The highest BCUT2D eigenvalue weighted by atomic mass is 16.4. The zero-order chi connectivity index (χ0) is 19.0. The van der Waals surface area contributed by atoms with Gasteiger partial charge < -0.3 is 15.0 Å². The summed E-state index contributed by atoms with van der Waals surface area (Å²) in [7, 11) is 0. The zero-order valence-corrected chi connectivity index (χ0v) is 15.1. The van der Waals surface area contributed by atoms with Crippen LogP contribution in [0.1, 0.15) is 37.9 Å². The number of fused-ring (bicyclic) bond motifs is 2. The number of nitrogens with zero attached hydrogens (tertiary/aromatic N) is 2. The van der Waals surface area contributed by atoms with E-state index in [2.05, 4.69) is 9.97 Å². The summed E-state index contributed by atoms with van der Waals surface area (Å²) in [6, 6.07) is 6.47. The third-order valence-corrected chi connectivity index (χ3v) is 5.93. The lowest BCUT2D eigenvalue weighted by atomic mass is 9.94. The molecule has 0 bridgehead atoms. The van der Waals surface area contributed by atoms with Gasteiger partial charge >= 0.3 is 5.97 Å². The summed E-state index contributed by atoms with van der Waals surface area (Å²) in [4.78, 5) is 45.2. The van der Waals surface area contributed by atoms with Crippen LogP contribution in [0.5, 0.6) is 0 Å². The number of carbonyl (C=O) groups is 2. The Morgan fingerprint density at radius 2 is 2.07 bits per heavy atom. The van der Waals surface area contributed by atoms with E-state index in [4.69, 9.17) is 0 Å². The number of carboxylic acid groups (broad SMARTS) is 1. The van der Waals surface area contributed by atoms with Gasteiger partial charge in [-0.05, 0) is 43.2 Å². The molecule has 0 radical (unpaired) electrons. The first-order valence-corrected chi connectivity index (χ1v) is 9.55. The minimum atomic E-state index is -0.890. The summed E-state index contributed by atoms with van der Waals surface area (Å²) >= 11 is 0. The fourth-order valence-electron chi connectivity index (χ4n) is 4.68. The molecule has 2 aromatic rings. The molecule has 1 aromatic carbocycles. The molecule has 1 saturated carbocycles. The number of aromatic amines is 1. The maximum atomic E-state index is 12.6. The first-order valence-electron chi connectivity index (χ1n) is 9.55. The summed E-state index contributed by atoms with van der Waals surface area (Å²) < 4.78 is 0. The lowest BCUT2D eigenvalue weighted by molar-refractivity contribution is -0.149. The van der Waals surface area contributed by atoms with Crippen molar-refractivity contribution in [3.05, 3.63) is 40.4 Å². The van der Waals surface area contributed by atoms with Gasteiger partial charge in [-0.25, -0.2) is 9.78 Å². The van der Waals surface area contributed by atoms with Gasteiger partial charge in [0, 0.05) is 19.4 Å². The normalized spacial score (nSPS) is 24.3. The van der Waals surface area contributed by atoms with Gasteiger partial charge in [-0.1, -0.05) is 18.6 Å². The van der Waals surface area contributed by atoms with Gasteiger partial charge in [0.2, 0.25) is 5.91 Å². The molecule has 3 atom stereocenters. The molecule has 2 fully saturated rings. The molecular weight excluding hydrogens is 346 g/mol. The Morgan fingerprint density at radius 3 is 2.89 bits per heavy atom. The van der Waals surface area contributed by atoms with Crippen molar-refractivity contribution in [3.63, 3.8) is 0 Å². The Bertz CT molecular complexity index is 938. The lowest BCUT2D eigenvalue weighted by Gasteiger charge is -2.24. The average Bonchev–Trinajstić information content (AvgIpc) is 3.22. The number of amides is 1. The number of aliphatic carboxylic acids is 1. The Hall–Kier alpha value is -2.70. The monoisotopic (exact) mass is 369 g/mol. The molecule has 0 spiro atoms. The molecule has 2 heterocycles. The summed E-state index contributed by atoms with van der Waals surface area (Å²) in [5.41, 5.74) is 0.459. The second-order valence-corrected chi connectivity index (χ2v) is 7.57. The molecule has 1 amide bonds. The fourth-order valence-corrected chi connectivity index (χ4v) is 4.68. The molecule has 1 aliphatic heterocycles. The number of rotatable bonds is 5. The van der Waals surface area contributed by atoms with Crippen molar-refractivity contribution in [3.8, 4) is 0 Å². The number of aryl methyl sites for hydroxylation is 1. The van der Waals surface area contributed by atoms with Crippen LogP contribution in [0.2, 0.25) is 0 Å². The van der Waals surface area contributed by atoms with Crippen LogP contribution < -0.4 is 5.56 Å². The molecule has 3 unspecified atom stereocenters. The molecule has 2 N–H and O–H groups in total. The average molecular weight is 369 g/mol. The highest BCUT2D eigenvalue weighted by molar-refractivity contribution is 5.84. The van der Waals surface area contributed by atoms with E-state index in [9.17, 15) is 19.5 Å². The SMILES string of the molecule is O=C(O)C1C2CCCC2CN1C(=O)CCCc1nc2ccccc2c(=O)[nH]1. The van der Waals surface area contributed by atoms with Gasteiger partial charge in [0.25, 0.3) is 5.56 Å². The molecule has 1 aliphatic carbocycles. The maximum absolute atomic E-state index is 12.6. The van der Waals surface area contributed by atoms with Crippen molar-refractivity contribution in [1.82, 2.24) is 14.9 Å². The van der Waals surface area contributed by atoms with Crippen LogP contribution in [0.3, 0.4) is 0 Å². The second kappa shape index (κ2) is 7.13. The molecule has 2 aliphatic rings. The third-order valence-electron chi connectivity index (χ3n) is 5.93. The minimum absolute atomic E-state index is 0.102. The van der Waals surface area contributed by atoms with Crippen LogP contribution in [0.25, 0.3) is 10.9 Å². The van der Waals surface area contributed by atoms with Gasteiger partial charge in [-0.2, -0.15) is 0 Å². The number of nitrogens with one attached hydrogen (secondary N) is 1. The number of H-pyrrole nitrogens is 1. The van der Waals surface area contributed by atoms with Crippen molar-refractivity contribution < 1.29 is 14.7 Å². The van der Waals surface area contributed by atoms with Crippen LogP contribution in [0, 0.1) is 11.8 Å². The number of hydrogen-bond acceptors (Lipinski definition) is 4. The number of likely N-dealkylation sites (tertiary alicyclic amines) is 1. The smallest absolute Gasteiger partial charge is 0.326 e. The number of carbonyl (C=O) groups excluding carboxylic acids is 1. The van der Waals surface area contributed by atoms with Crippen LogP contribution in [-0.2, 0) is 16.0 Å². The number of hydrogen-bond donors (Lipinski definition) is 2. The first kappa shape index (κ1) is 17.7. The molecule has 1 saturated heterocycles. The van der Waals surface area contributed by atoms with Crippen LogP contribution in [0.15, 0.2) is 29.1 Å². The van der Waals surface area contributed by atoms with E-state index >= 15 is 0 Å². The number of carboxylic acids is 1. The Morgan fingerprint density at radius 1 is 1.26 bits per heavy atom. The van der Waals surface area contributed by atoms with Crippen LogP contribution >= 0.6 is 0 Å². The maximum Gasteiger partial charge on any atom is 0.326 e. The number of aromatic nitrogens is 2. The molecule has 7 heteroatoms. The van der Waals surface area contributed by atoms with Crippen molar-refractivity contribution in [2.45, 2.75) is 44.6 Å². The van der Waals surface area contributed by atoms with Crippen molar-refractivity contribution in [1.29, 1.82) is 0 Å². The Labute approximate surface area is 156 Å². The van der Waals surface area contributed by atoms with E-state index in [1.54, 1.807) is 23.1 Å². The van der Waals surface area contributed by atoms with Gasteiger partial charge in [0.15, 0.2) is 0 Å². The van der Waals surface area contributed by atoms with Crippen LogP contribution in [-0.4, -0.2) is 44.4 Å². The second-order valence-electron chi connectivity index (χ2n) is 7.57. The van der Waals surface area contributed by atoms with Crippen molar-refractivity contribution in [2.75, 3.05) is 6.54 Å². The molecule has 27 heavy (non-hydrogen) atoms. The molecule has 1 aromatic heterocycles. The standard InChI is InChI=1S/C20H23N3O4/c24-17(23-11-12-5-3-7-13(12)18(23)20(26)27)10-4-9-16-21-15-8-2-1-6-14(15)19(25)22-16/h1-2,6,8,12-13,18H,3-5,7,9-11H2,(H,26,27)(H,21,22,25). The Kier molecular flexibility index (Phi) is 4.68. The van der Waals surface area contributed by atoms with Gasteiger partial charge in [-0.3, -0.25) is 9.59 Å². The molecule has 142 valence electrons. The first-order chi connectivity index (χ1) is 13.0. The quantitative estimate of drug-likeness (QED) is 0.838. The van der Waals surface area contributed by atoms with E-state index in [1.165, 1.54) is 0 Å². The van der Waals surface area contributed by atoms with Crippen molar-refractivity contribution in [2.24, 2.45) is 11.8 Å². The predicted octanol–water partition coefficient (Wildman–Crippen LogP) is 1.96.